The highest BCUT2D eigenvalue weighted by Crippen LogP contribution is 2.19. The monoisotopic (exact) mass is 580 g/mol. The van der Waals surface area contributed by atoms with Gasteiger partial charge < -0.3 is 32.1 Å². The molecule has 0 aliphatic carbocycles. The van der Waals surface area contributed by atoms with Crippen LogP contribution in [-0.2, 0) is 19.2 Å². The van der Waals surface area contributed by atoms with Crippen LogP contribution in [0.2, 0.25) is 0 Å². The summed E-state index contributed by atoms with van der Waals surface area (Å²) in [6, 6.07) is 12.7. The second-order valence-corrected chi connectivity index (χ2v) is 10.2. The number of nitrogens with one attached hydrogen (secondary N) is 4. The molecule has 5 amide bonds. The smallest absolute Gasteiger partial charge is 0.252 e. The molecule has 0 saturated carbocycles. The lowest BCUT2D eigenvalue weighted by molar-refractivity contribution is -0.132. The van der Waals surface area contributed by atoms with E-state index in [9.17, 15) is 29.1 Å². The first-order valence-electron chi connectivity index (χ1n) is 12.8. The van der Waals surface area contributed by atoms with E-state index in [2.05, 4.69) is 26.3 Å². The quantitative estimate of drug-likeness (QED) is 0.175. The maximum atomic E-state index is 12.9. The number of nitrogens with two attached hydrogens (primary N) is 1. The summed E-state index contributed by atoms with van der Waals surface area (Å²) in [5, 5.41) is 22.2. The van der Waals surface area contributed by atoms with Gasteiger partial charge in [-0.25, -0.2) is 4.98 Å². The SMILES string of the molecule is C[C@H](NC(=O)[C@@H](NC(=O)c1ccc(-c2ccccc2)cc1)[C@@H](C)O)C(=O)N[C@@H](CCC(N)=O)C(=O)Nc1nccs1. The maximum absolute atomic E-state index is 12.9. The number of anilines is 1. The Morgan fingerprint density at radius 1 is 0.878 bits per heavy atom. The Hall–Kier alpha value is -4.62. The second kappa shape index (κ2) is 14.7. The third-order valence-electron chi connectivity index (χ3n) is 6.03. The van der Waals surface area contributed by atoms with E-state index >= 15 is 0 Å². The Kier molecular flexibility index (Phi) is 11.1. The van der Waals surface area contributed by atoms with Crippen molar-refractivity contribution in [1.29, 1.82) is 0 Å². The average Bonchev–Trinajstić information content (AvgIpc) is 3.46. The molecule has 0 bridgehead atoms. The molecule has 12 nitrogen and oxygen atoms in total. The zero-order valence-electron chi connectivity index (χ0n) is 22.5. The van der Waals surface area contributed by atoms with Crippen molar-refractivity contribution in [2.45, 2.75) is 50.9 Å². The van der Waals surface area contributed by atoms with Gasteiger partial charge in [0.15, 0.2) is 5.13 Å². The predicted octanol–water partition coefficient (Wildman–Crippen LogP) is 1.18. The predicted molar refractivity (Wildman–Crippen MR) is 154 cm³/mol. The van der Waals surface area contributed by atoms with Gasteiger partial charge in [0.2, 0.25) is 23.6 Å². The van der Waals surface area contributed by atoms with E-state index in [1.54, 1.807) is 29.6 Å². The van der Waals surface area contributed by atoms with Crippen molar-refractivity contribution in [3.63, 3.8) is 0 Å². The summed E-state index contributed by atoms with van der Waals surface area (Å²) in [5.74, 6) is -3.39. The highest BCUT2D eigenvalue weighted by atomic mass is 32.1. The van der Waals surface area contributed by atoms with Crippen molar-refractivity contribution in [1.82, 2.24) is 20.9 Å². The molecule has 4 atom stereocenters. The van der Waals surface area contributed by atoms with Crippen LogP contribution in [0.4, 0.5) is 5.13 Å². The number of nitrogens with zero attached hydrogens (tertiary/aromatic N) is 1. The van der Waals surface area contributed by atoms with Crippen molar-refractivity contribution in [2.75, 3.05) is 5.32 Å². The minimum atomic E-state index is -1.37. The zero-order chi connectivity index (χ0) is 29.9. The molecule has 0 unspecified atom stereocenters. The number of aromatic nitrogens is 1. The Morgan fingerprint density at radius 2 is 1.54 bits per heavy atom. The van der Waals surface area contributed by atoms with E-state index in [-0.39, 0.29) is 18.4 Å². The van der Waals surface area contributed by atoms with Gasteiger partial charge in [-0.1, -0.05) is 42.5 Å². The van der Waals surface area contributed by atoms with Crippen molar-refractivity contribution in [3.8, 4) is 11.1 Å². The number of hydrogen-bond acceptors (Lipinski definition) is 8. The lowest BCUT2D eigenvalue weighted by atomic mass is 10.0. The molecule has 2 aromatic carbocycles. The van der Waals surface area contributed by atoms with Crippen molar-refractivity contribution >= 4 is 46.0 Å². The molecule has 3 rings (SSSR count). The van der Waals surface area contributed by atoms with Crippen molar-refractivity contribution in [3.05, 3.63) is 71.7 Å². The summed E-state index contributed by atoms with van der Waals surface area (Å²) in [5.41, 5.74) is 7.36. The third-order valence-corrected chi connectivity index (χ3v) is 6.72. The molecular weight excluding hydrogens is 548 g/mol. The summed E-state index contributed by atoms with van der Waals surface area (Å²) in [7, 11) is 0. The molecule has 0 fully saturated rings. The molecule has 41 heavy (non-hydrogen) atoms. The second-order valence-electron chi connectivity index (χ2n) is 9.26. The van der Waals surface area contributed by atoms with Crippen LogP contribution in [-0.4, -0.2) is 63.9 Å². The first-order valence-corrected chi connectivity index (χ1v) is 13.7. The highest BCUT2D eigenvalue weighted by molar-refractivity contribution is 7.13. The Bertz CT molecular complexity index is 1350. The topological polar surface area (TPSA) is 193 Å². The number of primary amides is 1. The van der Waals surface area contributed by atoms with Crippen molar-refractivity contribution in [2.24, 2.45) is 5.73 Å². The van der Waals surface area contributed by atoms with Crippen LogP contribution in [0, 0.1) is 0 Å². The maximum Gasteiger partial charge on any atom is 0.252 e. The number of thiazole rings is 1. The van der Waals surface area contributed by atoms with Crippen LogP contribution in [0.3, 0.4) is 0 Å². The molecule has 1 aromatic heterocycles. The van der Waals surface area contributed by atoms with Gasteiger partial charge in [-0.15, -0.1) is 11.3 Å². The summed E-state index contributed by atoms with van der Waals surface area (Å²) < 4.78 is 0. The molecule has 7 N–H and O–H groups in total. The van der Waals surface area contributed by atoms with Crippen LogP contribution in [0.15, 0.2) is 66.2 Å². The number of aliphatic hydroxyl groups excluding tert-OH is 1. The third kappa shape index (κ3) is 9.22. The first-order chi connectivity index (χ1) is 19.5. The van der Waals surface area contributed by atoms with E-state index in [0.717, 1.165) is 11.1 Å². The molecular formula is C28H32N6O6S. The summed E-state index contributed by atoms with van der Waals surface area (Å²) in [6.07, 6.45) is -0.0371. The largest absolute Gasteiger partial charge is 0.391 e. The van der Waals surface area contributed by atoms with Gasteiger partial charge in [0.1, 0.15) is 18.1 Å². The lowest BCUT2D eigenvalue weighted by Crippen LogP contribution is -2.57. The molecule has 0 spiro atoms. The van der Waals surface area contributed by atoms with Crippen LogP contribution >= 0.6 is 11.3 Å². The van der Waals surface area contributed by atoms with E-state index in [1.807, 2.05) is 30.3 Å². The fraction of sp³-hybridized carbons (Fsp3) is 0.286. The number of aliphatic hydroxyl groups is 1. The summed E-state index contributed by atoms with van der Waals surface area (Å²) in [6.45, 7) is 2.71. The standard InChI is InChI=1S/C28H32N6O6S/c1-16(24(37)32-21(12-13-22(29)36)26(39)34-28-30-14-15-41-28)31-27(40)23(17(2)35)33-25(38)20-10-8-19(9-11-20)18-6-4-3-5-7-18/h3-11,14-17,21,23,35H,12-13H2,1-2H3,(H2,29,36)(H,31,40)(H,32,37)(H,33,38)(H,30,34,39)/t16-,17+,21-,23-/m0/s1. The van der Waals surface area contributed by atoms with Gasteiger partial charge in [-0.3, -0.25) is 24.0 Å². The van der Waals surface area contributed by atoms with Crippen LogP contribution < -0.4 is 27.0 Å². The molecule has 13 heteroatoms. The Balaban J connectivity index is 1.61. The van der Waals surface area contributed by atoms with Crippen molar-refractivity contribution < 1.29 is 29.1 Å². The molecule has 1 heterocycles. The summed E-state index contributed by atoms with van der Waals surface area (Å²) >= 11 is 1.17. The fourth-order valence-electron chi connectivity index (χ4n) is 3.77. The number of amides is 5. The molecule has 3 aromatic rings. The minimum absolute atomic E-state index is 0.0750. The van der Waals surface area contributed by atoms with Gasteiger partial charge >= 0.3 is 0 Å². The Labute approximate surface area is 240 Å². The van der Waals surface area contributed by atoms with E-state index in [4.69, 9.17) is 5.73 Å². The van der Waals surface area contributed by atoms with E-state index < -0.39 is 53.8 Å². The van der Waals surface area contributed by atoms with Gasteiger partial charge in [0.25, 0.3) is 5.91 Å². The first kappa shape index (κ1) is 30.9. The normalized spacial score (nSPS) is 13.6. The molecule has 0 aliphatic heterocycles. The number of rotatable bonds is 13. The summed E-state index contributed by atoms with van der Waals surface area (Å²) in [4.78, 5) is 66.5. The molecule has 216 valence electrons. The van der Waals surface area contributed by atoms with Gasteiger partial charge in [-0.2, -0.15) is 0 Å². The number of carbonyl (C=O) groups is 5. The number of carbonyl (C=O) groups excluding carboxylic acids is 5. The molecule has 0 radical (unpaired) electrons. The Morgan fingerprint density at radius 3 is 2.12 bits per heavy atom. The minimum Gasteiger partial charge on any atom is -0.391 e. The zero-order valence-corrected chi connectivity index (χ0v) is 23.3. The van der Waals surface area contributed by atoms with E-state index in [0.29, 0.717) is 5.13 Å². The highest BCUT2D eigenvalue weighted by Gasteiger charge is 2.30. The molecule has 0 saturated heterocycles. The van der Waals surface area contributed by atoms with E-state index in [1.165, 1.54) is 31.4 Å². The van der Waals surface area contributed by atoms with Crippen LogP contribution in [0.5, 0.6) is 0 Å². The van der Waals surface area contributed by atoms with Gasteiger partial charge in [-0.05, 0) is 43.5 Å². The van der Waals surface area contributed by atoms with Crippen LogP contribution in [0.1, 0.15) is 37.0 Å². The fourth-order valence-corrected chi connectivity index (χ4v) is 4.30. The number of hydrogen-bond donors (Lipinski definition) is 6. The molecule has 0 aliphatic rings. The number of benzene rings is 2. The average molecular weight is 581 g/mol. The lowest BCUT2D eigenvalue weighted by Gasteiger charge is -2.24. The van der Waals surface area contributed by atoms with Gasteiger partial charge in [0.05, 0.1) is 6.10 Å². The van der Waals surface area contributed by atoms with Gasteiger partial charge in [0, 0.05) is 23.6 Å². The van der Waals surface area contributed by atoms with Crippen LogP contribution in [0.25, 0.3) is 11.1 Å².